The summed E-state index contributed by atoms with van der Waals surface area (Å²) in [5, 5.41) is 65.5. The van der Waals surface area contributed by atoms with Gasteiger partial charge in [-0.3, -0.25) is 10.6 Å². The monoisotopic (exact) mass is 966 g/mol. The summed E-state index contributed by atoms with van der Waals surface area (Å²) < 4.78 is 40.9. The van der Waals surface area contributed by atoms with Gasteiger partial charge in [-0.25, -0.2) is 0 Å². The maximum atomic E-state index is 13.3. The summed E-state index contributed by atoms with van der Waals surface area (Å²) in [6, 6.07) is 23.2. The van der Waals surface area contributed by atoms with Gasteiger partial charge in [0.1, 0.15) is 53.0 Å². The third-order valence-electron chi connectivity index (χ3n) is 16.0. The van der Waals surface area contributed by atoms with Crippen LogP contribution in [-0.4, -0.2) is 95.6 Å². The summed E-state index contributed by atoms with van der Waals surface area (Å²) in [6.45, 7) is 1.30. The summed E-state index contributed by atoms with van der Waals surface area (Å²) in [5.41, 5.74) is 4.36. The lowest BCUT2D eigenvalue weighted by Gasteiger charge is -2.50. The van der Waals surface area contributed by atoms with Crippen molar-refractivity contribution in [1.29, 1.82) is 0 Å². The minimum absolute atomic E-state index is 0.0390. The summed E-state index contributed by atoms with van der Waals surface area (Å²) in [4.78, 5) is 0. The molecule has 3 fully saturated rings. The molecule has 5 aromatic carbocycles. The van der Waals surface area contributed by atoms with Gasteiger partial charge in [-0.1, -0.05) is 42.9 Å². The molecule has 71 heavy (non-hydrogen) atoms. The van der Waals surface area contributed by atoms with Gasteiger partial charge in [-0.2, -0.15) is 0 Å². The predicted molar refractivity (Wildman–Crippen MR) is 268 cm³/mol. The number of aromatic hydroxyl groups is 3. The van der Waals surface area contributed by atoms with E-state index in [4.69, 9.17) is 28.4 Å². The Balaban J connectivity index is 1.04. The van der Waals surface area contributed by atoms with Crippen molar-refractivity contribution < 1.29 is 54.0 Å². The molecule has 11 rings (SSSR count). The zero-order chi connectivity index (χ0) is 48.6. The molecule has 0 aromatic heterocycles. The zero-order valence-corrected chi connectivity index (χ0v) is 40.4. The largest absolute Gasteiger partial charge is 0.508 e. The lowest BCUT2D eigenvalue weighted by atomic mass is 9.72. The molecule has 2 saturated carbocycles. The van der Waals surface area contributed by atoms with Crippen LogP contribution in [0, 0.1) is 29.6 Å². The fourth-order valence-electron chi connectivity index (χ4n) is 12.6. The first kappa shape index (κ1) is 47.6. The van der Waals surface area contributed by atoms with E-state index in [1.165, 1.54) is 0 Å². The van der Waals surface area contributed by atoms with E-state index in [9.17, 15) is 25.5 Å². The number of aliphatic hydroxyl groups is 2. The second-order valence-electron chi connectivity index (χ2n) is 20.6. The Labute approximate surface area is 415 Å². The summed E-state index contributed by atoms with van der Waals surface area (Å²) in [6.07, 6.45) is 7.47. The van der Waals surface area contributed by atoms with E-state index in [2.05, 4.69) is 22.5 Å². The van der Waals surface area contributed by atoms with Crippen LogP contribution in [0.1, 0.15) is 105 Å². The van der Waals surface area contributed by atoms with E-state index >= 15 is 0 Å². The molecule has 1 spiro atoms. The van der Waals surface area contributed by atoms with Crippen LogP contribution >= 0.6 is 0 Å². The summed E-state index contributed by atoms with van der Waals surface area (Å²) >= 11 is 0. The lowest BCUT2D eigenvalue weighted by molar-refractivity contribution is -0.148. The van der Waals surface area contributed by atoms with E-state index in [0.717, 1.165) is 84.6 Å². The van der Waals surface area contributed by atoms with Crippen molar-refractivity contribution in [2.24, 2.45) is 17.8 Å². The second-order valence-corrected chi connectivity index (χ2v) is 20.6. The lowest BCUT2D eigenvalue weighted by Crippen LogP contribution is -2.69. The molecule has 4 heterocycles. The molecule has 0 amide bonds. The maximum absolute atomic E-state index is 13.3. The highest BCUT2D eigenvalue weighted by Crippen LogP contribution is 2.56. The number of methoxy groups -OCH3 is 1. The van der Waals surface area contributed by atoms with Crippen LogP contribution in [-0.2, 0) is 15.9 Å². The van der Waals surface area contributed by atoms with Crippen molar-refractivity contribution in [3.05, 3.63) is 101 Å². The molecule has 2 bridgehead atoms. The highest BCUT2D eigenvalue weighted by Gasteiger charge is 2.52. The van der Waals surface area contributed by atoms with Crippen LogP contribution in [0.25, 0.3) is 21.9 Å². The van der Waals surface area contributed by atoms with Crippen molar-refractivity contribution in [3.63, 3.8) is 0 Å². The van der Waals surface area contributed by atoms with Crippen LogP contribution in [0.3, 0.4) is 0 Å². The first-order valence-corrected chi connectivity index (χ1v) is 25.8. The maximum Gasteiger partial charge on any atom is 0.149 e. The van der Waals surface area contributed by atoms with Gasteiger partial charge in [0.05, 0.1) is 42.6 Å². The first-order chi connectivity index (χ1) is 34.7. The fraction of sp³-hybridized carbons (Fsp3) is 0.483. The Morgan fingerprint density at radius 1 is 0.803 bits per heavy atom. The van der Waals surface area contributed by atoms with Crippen molar-refractivity contribution >= 4 is 10.8 Å². The van der Waals surface area contributed by atoms with Gasteiger partial charge in [0, 0.05) is 78.6 Å². The molecule has 0 radical (unpaired) electrons. The number of phenolic OH excluding ortho intramolecular Hbond substituents is 3. The molecular formula is C58H66N2O11. The number of fused-ring (bicyclic) bond motifs is 6. The Hall–Kier alpha value is -5.72. The number of hydrogen-bond donors (Lipinski definition) is 7. The van der Waals surface area contributed by atoms with Gasteiger partial charge in [-0.15, -0.1) is 0 Å². The molecule has 4 aliphatic heterocycles. The smallest absolute Gasteiger partial charge is 0.149 e. The van der Waals surface area contributed by atoms with Gasteiger partial charge in [0.2, 0.25) is 0 Å². The van der Waals surface area contributed by atoms with E-state index in [-0.39, 0.29) is 60.8 Å². The number of nitrogens with one attached hydrogen (secondary N) is 2. The molecule has 8 atom stereocenters. The van der Waals surface area contributed by atoms with Gasteiger partial charge < -0.3 is 54.0 Å². The van der Waals surface area contributed by atoms with Crippen LogP contribution in [0.2, 0.25) is 0 Å². The number of ether oxygens (including phenoxy) is 6. The number of benzene rings is 5. The molecule has 5 aromatic rings. The third-order valence-corrected chi connectivity index (χ3v) is 16.0. The van der Waals surface area contributed by atoms with Gasteiger partial charge in [0.15, 0.2) is 0 Å². The summed E-state index contributed by atoms with van der Waals surface area (Å²) in [5.74, 6) is 8.30. The highest BCUT2D eigenvalue weighted by molar-refractivity contribution is 5.96. The highest BCUT2D eigenvalue weighted by atomic mass is 16.5. The molecule has 7 N–H and O–H groups in total. The van der Waals surface area contributed by atoms with Crippen molar-refractivity contribution in [2.45, 2.75) is 119 Å². The van der Waals surface area contributed by atoms with Crippen LogP contribution in [0.4, 0.5) is 0 Å². The van der Waals surface area contributed by atoms with Crippen LogP contribution < -0.4 is 29.6 Å². The molecule has 0 unspecified atom stereocenters. The van der Waals surface area contributed by atoms with Gasteiger partial charge in [0.25, 0.3) is 0 Å². The van der Waals surface area contributed by atoms with E-state index in [1.54, 1.807) is 49.6 Å². The van der Waals surface area contributed by atoms with Gasteiger partial charge >= 0.3 is 0 Å². The Morgan fingerprint density at radius 3 is 2.44 bits per heavy atom. The average molecular weight is 967 g/mol. The predicted octanol–water partition coefficient (Wildman–Crippen LogP) is 8.73. The summed E-state index contributed by atoms with van der Waals surface area (Å²) in [7, 11) is 1.69. The quantitative estimate of drug-likeness (QED) is 0.0467. The van der Waals surface area contributed by atoms with Crippen molar-refractivity contribution in [3.8, 4) is 63.2 Å². The minimum Gasteiger partial charge on any atom is -0.508 e. The van der Waals surface area contributed by atoms with Crippen LogP contribution in [0.15, 0.2) is 78.9 Å². The van der Waals surface area contributed by atoms with E-state index in [0.29, 0.717) is 72.8 Å². The van der Waals surface area contributed by atoms with Crippen molar-refractivity contribution in [2.75, 3.05) is 40.1 Å². The van der Waals surface area contributed by atoms with E-state index in [1.807, 2.05) is 36.4 Å². The fourth-order valence-corrected chi connectivity index (χ4v) is 12.6. The molecular weight excluding hydrogens is 901 g/mol. The third kappa shape index (κ3) is 9.59. The number of aliphatic hydroxyl groups excluding tert-OH is 2. The molecule has 374 valence electrons. The number of rotatable bonds is 12. The Bertz CT molecular complexity index is 2790. The zero-order valence-electron chi connectivity index (χ0n) is 40.4. The number of hydrogen-bond acceptors (Lipinski definition) is 13. The second kappa shape index (κ2) is 20.4. The normalized spacial score (nSPS) is 26.7. The number of phenols is 3. The van der Waals surface area contributed by atoms with Crippen molar-refractivity contribution in [1.82, 2.24) is 10.6 Å². The van der Waals surface area contributed by atoms with Gasteiger partial charge in [-0.05, 0) is 135 Å². The minimum atomic E-state index is -1.06. The standard InChI is InChI=1S/C58H66N2O11/c1-66-23-8-14-49-52(48-33-68-55-37(28-42(30-46(55)54(48)65)69-41-12-2-3-13-41)25-36-27-39(63)15-17-43(36)34-9-6-11-38(62)26-34)57-47-31-51(45-29-40(64)16-18-44(45)56(47)70-49)67-24-7-10-35-32-59-58(20-4-5-21-58)60-53(35)50(71-57)19-22-61/h6,9,11,15-18,26-31,35,41,48-50,52-54,57,59-65H,2-5,8,12-14,19-25,32-33H2,1H3/t35-,48-,49-,50+,52-,53-,54-,57+/m1/s1. The molecule has 6 aliphatic rings. The van der Waals surface area contributed by atoms with Crippen LogP contribution in [0.5, 0.6) is 40.2 Å². The average Bonchev–Trinajstić information content (AvgIpc) is 4.06. The Kier molecular flexibility index (Phi) is 13.7. The molecule has 1 saturated heterocycles. The first-order valence-electron chi connectivity index (χ1n) is 25.8. The Morgan fingerprint density at radius 2 is 1.62 bits per heavy atom. The molecule has 13 nitrogen and oxygen atoms in total. The molecule has 13 heteroatoms. The van der Waals surface area contributed by atoms with E-state index < -0.39 is 36.3 Å². The molecule has 2 aliphatic carbocycles. The topological polar surface area (TPSA) is 181 Å². The SMILES string of the molecule is COCCC[C@H]1Oc2c3cc(c4cc(O)ccc24)OCC#C[C@@H]2CNC4(CCCC4)N[C@H]2[C@H](CCO)O[C@@H]3[C@@H]1[C@H]1COc2c(Cc3cc(O)ccc3-c3cccc(O)c3)cc(OC3CCCC3)cc2[C@H]1O.